The van der Waals surface area contributed by atoms with Crippen molar-refractivity contribution in [3.05, 3.63) is 24.3 Å². The Balaban J connectivity index is 1.53. The SMILES string of the molecule is CCC1(N2CCC(n3c(NC)nc4ccccc43)CC2)CCCCCC1. The molecule has 1 saturated heterocycles. The van der Waals surface area contributed by atoms with Crippen molar-refractivity contribution in [3.63, 3.8) is 0 Å². The molecule has 4 heteroatoms. The zero-order valence-corrected chi connectivity index (χ0v) is 16.5. The third-order valence-corrected chi connectivity index (χ3v) is 7.01. The van der Waals surface area contributed by atoms with Crippen molar-refractivity contribution in [2.75, 3.05) is 25.5 Å². The Bertz CT molecular complexity index is 719. The van der Waals surface area contributed by atoms with Crippen molar-refractivity contribution in [2.45, 2.75) is 76.3 Å². The summed E-state index contributed by atoms with van der Waals surface area (Å²) in [5.41, 5.74) is 2.85. The summed E-state index contributed by atoms with van der Waals surface area (Å²) in [4.78, 5) is 7.65. The van der Waals surface area contributed by atoms with Crippen LogP contribution < -0.4 is 5.32 Å². The molecule has 0 radical (unpaired) electrons. The molecule has 0 amide bonds. The van der Waals surface area contributed by atoms with Gasteiger partial charge in [0.2, 0.25) is 5.95 Å². The first-order valence-corrected chi connectivity index (χ1v) is 10.7. The molecule has 1 aliphatic carbocycles. The topological polar surface area (TPSA) is 33.1 Å². The molecule has 0 atom stereocenters. The molecule has 0 unspecified atom stereocenters. The van der Waals surface area contributed by atoms with Gasteiger partial charge in [0.1, 0.15) is 0 Å². The highest BCUT2D eigenvalue weighted by molar-refractivity contribution is 5.78. The molecular weight excluding hydrogens is 320 g/mol. The Kier molecular flexibility index (Phi) is 5.21. The van der Waals surface area contributed by atoms with Gasteiger partial charge in [-0.15, -0.1) is 0 Å². The van der Waals surface area contributed by atoms with Crippen LogP contribution in [-0.2, 0) is 0 Å². The van der Waals surface area contributed by atoms with Gasteiger partial charge in [0.05, 0.1) is 11.0 Å². The smallest absolute Gasteiger partial charge is 0.203 e. The molecule has 1 N–H and O–H groups in total. The maximum atomic E-state index is 4.80. The van der Waals surface area contributed by atoms with Crippen LogP contribution in [0.5, 0.6) is 0 Å². The number of aromatic nitrogens is 2. The zero-order valence-electron chi connectivity index (χ0n) is 16.5. The Labute approximate surface area is 158 Å². The lowest BCUT2D eigenvalue weighted by Crippen LogP contribution is -2.51. The van der Waals surface area contributed by atoms with E-state index >= 15 is 0 Å². The van der Waals surface area contributed by atoms with Crippen molar-refractivity contribution in [1.82, 2.24) is 14.5 Å². The largest absolute Gasteiger partial charge is 0.359 e. The highest BCUT2D eigenvalue weighted by atomic mass is 15.3. The van der Waals surface area contributed by atoms with E-state index in [1.807, 2.05) is 7.05 Å². The first-order valence-electron chi connectivity index (χ1n) is 10.7. The molecule has 0 spiro atoms. The third kappa shape index (κ3) is 3.13. The lowest BCUT2D eigenvalue weighted by atomic mass is 9.83. The van der Waals surface area contributed by atoms with E-state index in [9.17, 15) is 0 Å². The second-order valence-electron chi connectivity index (χ2n) is 8.25. The van der Waals surface area contributed by atoms with E-state index in [1.165, 1.54) is 76.4 Å². The molecule has 4 rings (SSSR count). The number of nitrogens with one attached hydrogen (secondary N) is 1. The quantitative estimate of drug-likeness (QED) is 0.764. The fourth-order valence-electron chi connectivity index (χ4n) is 5.47. The van der Waals surface area contributed by atoms with E-state index in [4.69, 9.17) is 4.98 Å². The number of hydrogen-bond acceptors (Lipinski definition) is 3. The highest BCUT2D eigenvalue weighted by Crippen LogP contribution is 2.39. The van der Waals surface area contributed by atoms with Gasteiger partial charge in [-0.3, -0.25) is 4.90 Å². The lowest BCUT2D eigenvalue weighted by Gasteiger charge is -2.47. The van der Waals surface area contributed by atoms with Crippen molar-refractivity contribution < 1.29 is 0 Å². The second-order valence-corrected chi connectivity index (χ2v) is 8.25. The van der Waals surface area contributed by atoms with E-state index in [2.05, 4.69) is 46.0 Å². The average molecular weight is 355 g/mol. The fourth-order valence-corrected chi connectivity index (χ4v) is 5.47. The van der Waals surface area contributed by atoms with E-state index in [1.54, 1.807) is 0 Å². The van der Waals surface area contributed by atoms with Crippen LogP contribution in [0.1, 0.15) is 70.8 Å². The first-order chi connectivity index (χ1) is 12.8. The minimum Gasteiger partial charge on any atom is -0.359 e. The standard InChI is InChI=1S/C22H34N4/c1-3-22(14-8-4-5-9-15-22)25-16-12-18(13-17-25)26-20-11-7-6-10-19(20)24-21(26)23-2/h6-7,10-11,18H,3-5,8-9,12-17H2,1-2H3,(H,23,24). The summed E-state index contributed by atoms with van der Waals surface area (Å²) < 4.78 is 2.46. The normalized spacial score (nSPS) is 22.4. The molecule has 1 aromatic heterocycles. The van der Waals surface area contributed by atoms with E-state index in [0.717, 1.165) is 11.5 Å². The van der Waals surface area contributed by atoms with E-state index in [-0.39, 0.29) is 0 Å². The van der Waals surface area contributed by atoms with Crippen molar-refractivity contribution >= 4 is 17.0 Å². The van der Waals surface area contributed by atoms with Gasteiger partial charge in [0.25, 0.3) is 0 Å². The van der Waals surface area contributed by atoms with Crippen molar-refractivity contribution in [2.24, 2.45) is 0 Å². The van der Waals surface area contributed by atoms with Crippen LogP contribution >= 0.6 is 0 Å². The van der Waals surface area contributed by atoms with Gasteiger partial charge in [-0.25, -0.2) is 4.98 Å². The van der Waals surface area contributed by atoms with Gasteiger partial charge >= 0.3 is 0 Å². The van der Waals surface area contributed by atoms with Crippen LogP contribution in [0.3, 0.4) is 0 Å². The summed E-state index contributed by atoms with van der Waals surface area (Å²) in [6.07, 6.45) is 12.3. The Hall–Kier alpha value is -1.55. The Morgan fingerprint density at radius 2 is 1.77 bits per heavy atom. The monoisotopic (exact) mass is 354 g/mol. The number of piperidine rings is 1. The summed E-state index contributed by atoms with van der Waals surface area (Å²) in [7, 11) is 1.99. The van der Waals surface area contributed by atoms with Gasteiger partial charge in [-0.05, 0) is 44.2 Å². The molecule has 2 heterocycles. The van der Waals surface area contributed by atoms with Crippen LogP contribution in [-0.4, -0.2) is 40.1 Å². The molecule has 1 aromatic carbocycles. The van der Waals surface area contributed by atoms with Gasteiger partial charge in [0.15, 0.2) is 0 Å². The Morgan fingerprint density at radius 1 is 1.08 bits per heavy atom. The van der Waals surface area contributed by atoms with Gasteiger partial charge < -0.3 is 9.88 Å². The summed E-state index contributed by atoms with van der Waals surface area (Å²) in [5, 5.41) is 3.32. The minimum absolute atomic E-state index is 0.477. The molecule has 4 nitrogen and oxygen atoms in total. The maximum Gasteiger partial charge on any atom is 0.203 e. The van der Waals surface area contributed by atoms with E-state index in [0.29, 0.717) is 11.6 Å². The molecule has 142 valence electrons. The van der Waals surface area contributed by atoms with Crippen LogP contribution in [0, 0.1) is 0 Å². The predicted molar refractivity (Wildman–Crippen MR) is 110 cm³/mol. The maximum absolute atomic E-state index is 4.80. The summed E-state index contributed by atoms with van der Waals surface area (Å²) >= 11 is 0. The predicted octanol–water partition coefficient (Wildman–Crippen LogP) is 5.22. The number of anilines is 1. The van der Waals surface area contributed by atoms with Crippen molar-refractivity contribution in [3.8, 4) is 0 Å². The van der Waals surface area contributed by atoms with Gasteiger partial charge in [-0.2, -0.15) is 0 Å². The van der Waals surface area contributed by atoms with E-state index < -0.39 is 0 Å². The first kappa shape index (κ1) is 17.8. The number of rotatable bonds is 4. The summed E-state index contributed by atoms with van der Waals surface area (Å²) in [6, 6.07) is 9.11. The zero-order chi connectivity index (χ0) is 18.0. The molecule has 1 saturated carbocycles. The molecule has 26 heavy (non-hydrogen) atoms. The molecule has 2 fully saturated rings. The number of benzene rings is 1. The van der Waals surface area contributed by atoms with Gasteiger partial charge in [0, 0.05) is 31.7 Å². The van der Waals surface area contributed by atoms with Crippen LogP contribution in [0.4, 0.5) is 5.95 Å². The number of likely N-dealkylation sites (tertiary alicyclic amines) is 1. The summed E-state index contributed by atoms with van der Waals surface area (Å²) in [5.74, 6) is 1.02. The summed E-state index contributed by atoms with van der Waals surface area (Å²) in [6.45, 7) is 4.88. The minimum atomic E-state index is 0.477. The highest BCUT2D eigenvalue weighted by Gasteiger charge is 2.37. The average Bonchev–Trinajstić information content (AvgIpc) is 2.89. The number of imidazole rings is 1. The van der Waals surface area contributed by atoms with Crippen molar-refractivity contribution in [1.29, 1.82) is 0 Å². The number of fused-ring (bicyclic) bond motifs is 1. The third-order valence-electron chi connectivity index (χ3n) is 7.01. The lowest BCUT2D eigenvalue weighted by molar-refractivity contribution is 0.0360. The van der Waals surface area contributed by atoms with Crippen LogP contribution in [0.25, 0.3) is 11.0 Å². The van der Waals surface area contributed by atoms with Crippen LogP contribution in [0.2, 0.25) is 0 Å². The number of hydrogen-bond donors (Lipinski definition) is 1. The molecule has 1 aliphatic heterocycles. The number of para-hydroxylation sites is 2. The Morgan fingerprint density at radius 3 is 2.42 bits per heavy atom. The number of nitrogens with zero attached hydrogens (tertiary/aromatic N) is 3. The van der Waals surface area contributed by atoms with Gasteiger partial charge in [-0.1, -0.05) is 44.7 Å². The fraction of sp³-hybridized carbons (Fsp3) is 0.682. The second kappa shape index (κ2) is 7.59. The van der Waals surface area contributed by atoms with Crippen LogP contribution in [0.15, 0.2) is 24.3 Å². The molecule has 2 aromatic rings. The molecular formula is C22H34N4. The molecule has 2 aliphatic rings. The molecule has 0 bridgehead atoms.